The van der Waals surface area contributed by atoms with Gasteiger partial charge >= 0.3 is 0 Å². The van der Waals surface area contributed by atoms with Gasteiger partial charge in [0.2, 0.25) is 0 Å². The van der Waals surface area contributed by atoms with Gasteiger partial charge in [0.1, 0.15) is 10.4 Å². The van der Waals surface area contributed by atoms with E-state index in [1.807, 2.05) is 0 Å². The van der Waals surface area contributed by atoms with Crippen LogP contribution in [0.2, 0.25) is 0 Å². The Morgan fingerprint density at radius 3 is 3.12 bits per heavy atom. The van der Waals surface area contributed by atoms with E-state index in [1.165, 1.54) is 29.1 Å². The van der Waals surface area contributed by atoms with Crippen molar-refractivity contribution in [3.8, 4) is 10.9 Å². The number of hydrogen-bond acceptors (Lipinski definition) is 5. The predicted octanol–water partition coefficient (Wildman–Crippen LogP) is 1.36. The summed E-state index contributed by atoms with van der Waals surface area (Å²) in [4.78, 5) is 15.7. The smallest absolute Gasteiger partial charge is 0.275 e. The van der Waals surface area contributed by atoms with E-state index in [9.17, 15) is 9.90 Å². The Hall–Kier alpha value is -1.82. The van der Waals surface area contributed by atoms with Gasteiger partial charge in [0, 0.05) is 12.6 Å². The molecule has 2 aromatic heterocycles. The van der Waals surface area contributed by atoms with E-state index in [0.717, 1.165) is 0 Å². The van der Waals surface area contributed by atoms with E-state index in [0.29, 0.717) is 22.1 Å². The van der Waals surface area contributed by atoms with Gasteiger partial charge in [-0.3, -0.25) is 9.36 Å². The Morgan fingerprint density at radius 1 is 1.75 bits per heavy atom. The largest absolute Gasteiger partial charge is 0.506 e. The average molecular weight is 238 g/mol. The van der Waals surface area contributed by atoms with Crippen LogP contribution < -0.4 is 10.3 Å². The van der Waals surface area contributed by atoms with Crippen LogP contribution >= 0.6 is 11.3 Å². The van der Waals surface area contributed by atoms with Crippen molar-refractivity contribution in [2.24, 2.45) is 0 Å². The molecule has 0 saturated carbocycles. The number of ether oxygens (including phenoxy) is 1. The summed E-state index contributed by atoms with van der Waals surface area (Å²) in [7, 11) is 1.49. The lowest BCUT2D eigenvalue weighted by Gasteiger charge is -2.02. The number of methoxy groups -OCH3 is 1. The van der Waals surface area contributed by atoms with Crippen LogP contribution in [0.3, 0.4) is 0 Å². The van der Waals surface area contributed by atoms with Crippen LogP contribution in [0.25, 0.3) is 10.3 Å². The SMILES string of the molecule is C=CCn1c(=O)cc(O)c2sc(OC)nc21. The fourth-order valence-corrected chi connectivity index (χ4v) is 2.20. The minimum atomic E-state index is -0.308. The average Bonchev–Trinajstić information content (AvgIpc) is 2.68. The van der Waals surface area contributed by atoms with Gasteiger partial charge in [-0.1, -0.05) is 17.4 Å². The quantitative estimate of drug-likeness (QED) is 0.820. The number of hydrogen-bond donors (Lipinski definition) is 1. The highest BCUT2D eigenvalue weighted by Gasteiger charge is 2.13. The van der Waals surface area contributed by atoms with Gasteiger partial charge in [-0.25, -0.2) is 0 Å². The first-order valence-corrected chi connectivity index (χ1v) is 5.37. The van der Waals surface area contributed by atoms with E-state index in [1.54, 1.807) is 6.08 Å². The van der Waals surface area contributed by atoms with Gasteiger partial charge in [-0.2, -0.15) is 4.98 Å². The number of pyridine rings is 1. The highest BCUT2D eigenvalue weighted by molar-refractivity contribution is 7.20. The van der Waals surface area contributed by atoms with Gasteiger partial charge in [0.15, 0.2) is 5.65 Å². The molecule has 2 heterocycles. The number of nitrogens with zero attached hydrogens (tertiary/aromatic N) is 2. The molecular weight excluding hydrogens is 228 g/mol. The summed E-state index contributed by atoms with van der Waals surface area (Å²) in [5.74, 6) is -0.0684. The molecule has 6 heteroatoms. The Morgan fingerprint density at radius 2 is 2.50 bits per heavy atom. The molecule has 0 spiro atoms. The number of aromatic nitrogens is 2. The zero-order valence-corrected chi connectivity index (χ0v) is 9.45. The second-order valence-electron chi connectivity index (χ2n) is 3.10. The molecule has 16 heavy (non-hydrogen) atoms. The zero-order valence-electron chi connectivity index (χ0n) is 8.64. The van der Waals surface area contributed by atoms with E-state index < -0.39 is 0 Å². The van der Waals surface area contributed by atoms with Crippen LogP contribution in [0.15, 0.2) is 23.5 Å². The van der Waals surface area contributed by atoms with Crippen LogP contribution in [-0.2, 0) is 6.54 Å². The molecule has 0 bridgehead atoms. The number of rotatable bonds is 3. The monoisotopic (exact) mass is 238 g/mol. The number of allylic oxidation sites excluding steroid dienone is 1. The normalized spacial score (nSPS) is 10.6. The lowest BCUT2D eigenvalue weighted by atomic mass is 10.4. The first kappa shape index (κ1) is 10.7. The second kappa shape index (κ2) is 3.97. The van der Waals surface area contributed by atoms with Gasteiger partial charge in [-0.05, 0) is 0 Å². The van der Waals surface area contributed by atoms with Crippen LogP contribution in [0.1, 0.15) is 0 Å². The summed E-state index contributed by atoms with van der Waals surface area (Å²) in [6, 6.07) is 1.17. The minimum absolute atomic E-state index is 0.0684. The van der Waals surface area contributed by atoms with E-state index in [4.69, 9.17) is 4.74 Å². The van der Waals surface area contributed by atoms with Crippen molar-refractivity contribution in [1.82, 2.24) is 9.55 Å². The highest BCUT2D eigenvalue weighted by Crippen LogP contribution is 2.32. The first-order chi connectivity index (χ1) is 7.67. The molecule has 0 aliphatic carbocycles. The molecule has 0 aliphatic rings. The molecule has 0 amide bonds. The van der Waals surface area contributed by atoms with Crippen LogP contribution in [0, 0.1) is 0 Å². The molecule has 0 aromatic carbocycles. The predicted molar refractivity (Wildman–Crippen MR) is 62.3 cm³/mol. The molecule has 0 radical (unpaired) electrons. The Labute approximate surface area is 95.2 Å². The van der Waals surface area contributed by atoms with Crippen molar-refractivity contribution >= 4 is 21.7 Å². The summed E-state index contributed by atoms with van der Waals surface area (Å²) < 4.78 is 6.95. The number of aromatic hydroxyl groups is 1. The van der Waals surface area contributed by atoms with Crippen LogP contribution in [-0.4, -0.2) is 21.8 Å². The van der Waals surface area contributed by atoms with Crippen molar-refractivity contribution in [1.29, 1.82) is 0 Å². The number of thiazole rings is 1. The first-order valence-electron chi connectivity index (χ1n) is 4.55. The van der Waals surface area contributed by atoms with Crippen molar-refractivity contribution in [3.05, 3.63) is 29.1 Å². The fourth-order valence-electron chi connectivity index (χ4n) is 1.40. The minimum Gasteiger partial charge on any atom is -0.506 e. The Balaban J connectivity index is 2.82. The Bertz CT molecular complexity index is 600. The van der Waals surface area contributed by atoms with Gasteiger partial charge in [0.05, 0.1) is 7.11 Å². The molecule has 84 valence electrons. The maximum Gasteiger partial charge on any atom is 0.275 e. The van der Waals surface area contributed by atoms with Gasteiger partial charge < -0.3 is 9.84 Å². The van der Waals surface area contributed by atoms with Gasteiger partial charge in [-0.15, -0.1) is 6.58 Å². The lowest BCUT2D eigenvalue weighted by Crippen LogP contribution is -2.18. The maximum absolute atomic E-state index is 11.6. The molecule has 0 fully saturated rings. The molecule has 0 saturated heterocycles. The third-order valence-corrected chi connectivity index (χ3v) is 3.12. The summed E-state index contributed by atoms with van der Waals surface area (Å²) in [6.07, 6.45) is 1.60. The summed E-state index contributed by atoms with van der Waals surface area (Å²) in [5, 5.41) is 10.0. The second-order valence-corrected chi connectivity index (χ2v) is 4.07. The van der Waals surface area contributed by atoms with E-state index in [2.05, 4.69) is 11.6 Å². The third kappa shape index (κ3) is 1.57. The molecule has 0 atom stereocenters. The van der Waals surface area contributed by atoms with Crippen molar-refractivity contribution < 1.29 is 9.84 Å². The standard InChI is InChI=1S/C10H10N2O3S/c1-3-4-12-7(14)5-6(13)8-9(12)11-10(15-2)16-8/h3,5,13H,1,4H2,2H3. The maximum atomic E-state index is 11.6. The number of fused-ring (bicyclic) bond motifs is 1. The summed E-state index contributed by atoms with van der Waals surface area (Å²) in [5.41, 5.74) is 0.115. The molecule has 2 rings (SSSR count). The fraction of sp³-hybridized carbons (Fsp3) is 0.200. The summed E-state index contributed by atoms with van der Waals surface area (Å²) in [6.45, 7) is 3.93. The summed E-state index contributed by atoms with van der Waals surface area (Å²) >= 11 is 1.20. The van der Waals surface area contributed by atoms with Crippen molar-refractivity contribution in [3.63, 3.8) is 0 Å². The molecule has 0 unspecified atom stereocenters. The van der Waals surface area contributed by atoms with Gasteiger partial charge in [0.25, 0.3) is 10.8 Å². The van der Waals surface area contributed by atoms with Crippen LogP contribution in [0.5, 0.6) is 10.9 Å². The highest BCUT2D eigenvalue weighted by atomic mass is 32.1. The van der Waals surface area contributed by atoms with E-state index in [-0.39, 0.29) is 11.3 Å². The van der Waals surface area contributed by atoms with Crippen molar-refractivity contribution in [2.75, 3.05) is 7.11 Å². The lowest BCUT2D eigenvalue weighted by molar-refractivity contribution is 0.412. The molecular formula is C10H10N2O3S. The Kier molecular flexibility index (Phi) is 2.66. The molecule has 2 aromatic rings. The van der Waals surface area contributed by atoms with Crippen molar-refractivity contribution in [2.45, 2.75) is 6.54 Å². The zero-order chi connectivity index (χ0) is 11.7. The third-order valence-electron chi connectivity index (χ3n) is 2.09. The molecule has 0 aliphatic heterocycles. The van der Waals surface area contributed by atoms with E-state index >= 15 is 0 Å². The molecule has 1 N–H and O–H groups in total. The van der Waals surface area contributed by atoms with Crippen LogP contribution in [0.4, 0.5) is 0 Å². The topological polar surface area (TPSA) is 64.4 Å². The molecule has 5 nitrogen and oxygen atoms in total.